The summed E-state index contributed by atoms with van der Waals surface area (Å²) in [5.74, 6) is -5.65. The summed E-state index contributed by atoms with van der Waals surface area (Å²) in [6.07, 6.45) is -2.59. The smallest absolute Gasteiger partial charge is 1.00 e. The molecule has 0 unspecified atom stereocenters. The van der Waals surface area contributed by atoms with Gasteiger partial charge in [-0.25, -0.2) is 4.79 Å². The molecule has 0 aromatic carbocycles. The molecule has 0 fully saturated rings. The van der Waals surface area contributed by atoms with E-state index in [9.17, 15) is 24.6 Å². The maximum absolute atomic E-state index is 10.3. The molecule has 0 saturated carbocycles. The van der Waals surface area contributed by atoms with E-state index in [1.54, 1.807) is 0 Å². The average molecular weight is 279 g/mol. The fourth-order valence-corrected chi connectivity index (χ4v) is 0.691. The van der Waals surface area contributed by atoms with Crippen LogP contribution < -0.4 is 14.9 Å². The zero-order valence-corrected chi connectivity index (χ0v) is 9.73. The standard InChI is InChI=1S/C6H8O7.FH.Ga/c7-3(8)1-6(13,5(11)12)2-4(9)10;;/h13H,1-2H2,(H,7,8)(H,9,10)(H,11,12);1H;/q;;+3/p-3. The van der Waals surface area contributed by atoms with E-state index in [0.717, 1.165) is 0 Å². The molecule has 0 aromatic rings. The van der Waals surface area contributed by atoms with Crippen molar-refractivity contribution >= 4 is 37.7 Å². The Morgan fingerprint density at radius 2 is 1.33 bits per heavy atom. The van der Waals surface area contributed by atoms with Gasteiger partial charge in [0.25, 0.3) is 0 Å². The van der Waals surface area contributed by atoms with E-state index in [1.807, 2.05) is 0 Å². The molecule has 0 aliphatic rings. The van der Waals surface area contributed by atoms with Gasteiger partial charge in [-0.1, -0.05) is 0 Å². The quantitative estimate of drug-likeness (QED) is 0.476. The largest absolute Gasteiger partial charge is 3.00 e. The van der Waals surface area contributed by atoms with Crippen molar-refractivity contribution in [1.82, 2.24) is 0 Å². The number of carboxylic acid groups (broad SMARTS) is 3. The maximum atomic E-state index is 10.3. The van der Waals surface area contributed by atoms with Crippen molar-refractivity contribution < 1.29 is 39.5 Å². The molecule has 15 heavy (non-hydrogen) atoms. The molecule has 82 valence electrons. The number of carbonyl (C=O) groups is 3. The van der Waals surface area contributed by atoms with E-state index in [4.69, 9.17) is 10.2 Å². The van der Waals surface area contributed by atoms with Crippen molar-refractivity contribution in [2.45, 2.75) is 18.4 Å². The predicted octanol–water partition coefficient (Wildman–Crippen LogP) is -7.29. The summed E-state index contributed by atoms with van der Waals surface area (Å²) < 4.78 is 0. The Bertz CT molecular complexity index is 238. The van der Waals surface area contributed by atoms with E-state index in [1.165, 1.54) is 0 Å². The van der Waals surface area contributed by atoms with Crippen molar-refractivity contribution in [2.75, 3.05) is 0 Å². The summed E-state index contributed by atoms with van der Waals surface area (Å²) >= 11 is 0. The monoisotopic (exact) mass is 278 g/mol. The Hall–Kier alpha value is -1.06. The summed E-state index contributed by atoms with van der Waals surface area (Å²) in [4.78, 5) is 30.2. The number of carboxylic acids is 3. The van der Waals surface area contributed by atoms with Crippen molar-refractivity contribution in [3.8, 4) is 0 Å². The fourth-order valence-electron chi connectivity index (χ4n) is 0.691. The molecule has 0 aliphatic carbocycles. The first-order valence-corrected chi connectivity index (χ1v) is 3.13. The van der Waals surface area contributed by atoms with E-state index in [-0.39, 0.29) is 24.5 Å². The molecule has 0 heterocycles. The predicted molar refractivity (Wildman–Crippen MR) is 37.6 cm³/mol. The summed E-state index contributed by atoms with van der Waals surface area (Å²) in [6, 6.07) is 0. The van der Waals surface area contributed by atoms with Crippen LogP contribution >= 0.6 is 0 Å². The van der Waals surface area contributed by atoms with Crippen molar-refractivity contribution in [3.63, 3.8) is 0 Å². The molecule has 9 heteroatoms. The van der Waals surface area contributed by atoms with Crippen LogP contribution in [0.4, 0.5) is 0 Å². The molecule has 2 N–H and O–H groups in total. The van der Waals surface area contributed by atoms with E-state index < -0.39 is 36.4 Å². The SMILES string of the molecule is O=C([O-])CC(O)(CC(=O)[O-])C(=O)O.[F-].[Ga+3]. The number of aliphatic hydroxyl groups is 1. The number of aliphatic carboxylic acids is 3. The molecule has 7 nitrogen and oxygen atoms in total. The van der Waals surface area contributed by atoms with Crippen molar-refractivity contribution in [2.24, 2.45) is 0 Å². The second kappa shape index (κ2) is 7.26. The van der Waals surface area contributed by atoms with Gasteiger partial charge in [-0.2, -0.15) is 0 Å². The fraction of sp³-hybridized carbons (Fsp3) is 0.500. The topological polar surface area (TPSA) is 138 Å². The van der Waals surface area contributed by atoms with Gasteiger partial charge >= 0.3 is 25.8 Å². The minimum absolute atomic E-state index is 0. The Labute approximate surface area is 96.1 Å². The van der Waals surface area contributed by atoms with Crippen molar-refractivity contribution in [3.05, 3.63) is 0 Å². The molecule has 0 rings (SSSR count). The minimum atomic E-state index is -2.86. The van der Waals surface area contributed by atoms with Gasteiger partial charge in [0.1, 0.15) is 0 Å². The van der Waals surface area contributed by atoms with Gasteiger partial charge in [0.05, 0.1) is 0 Å². The second-order valence-corrected chi connectivity index (χ2v) is 2.43. The summed E-state index contributed by atoms with van der Waals surface area (Å²) in [5.41, 5.74) is -2.86. The van der Waals surface area contributed by atoms with Crippen LogP contribution in [0, 0.1) is 0 Å². The van der Waals surface area contributed by atoms with Crippen LogP contribution in [0.3, 0.4) is 0 Å². The van der Waals surface area contributed by atoms with Gasteiger partial charge in [-0.05, 0) is 0 Å². The summed E-state index contributed by atoms with van der Waals surface area (Å²) in [7, 11) is 0. The number of halogens is 1. The van der Waals surface area contributed by atoms with Crippen LogP contribution in [0.15, 0.2) is 0 Å². The van der Waals surface area contributed by atoms with Crippen LogP contribution in [0.25, 0.3) is 0 Å². The zero-order chi connectivity index (χ0) is 10.6. The van der Waals surface area contributed by atoms with Gasteiger partial charge in [0, 0.05) is 24.8 Å². The minimum Gasteiger partial charge on any atom is -1.00 e. The molecular weight excluding hydrogens is 273 g/mol. The van der Waals surface area contributed by atoms with E-state index >= 15 is 0 Å². The van der Waals surface area contributed by atoms with E-state index in [0.29, 0.717) is 0 Å². The number of hydrogen-bond acceptors (Lipinski definition) is 6. The third kappa shape index (κ3) is 6.94. The molecule has 0 spiro atoms. The number of hydrogen-bond donors (Lipinski definition) is 2. The first-order valence-electron chi connectivity index (χ1n) is 3.13. The second-order valence-electron chi connectivity index (χ2n) is 2.43. The van der Waals surface area contributed by atoms with Crippen LogP contribution in [0.5, 0.6) is 0 Å². The van der Waals surface area contributed by atoms with Crippen LogP contribution in [0.2, 0.25) is 0 Å². The Morgan fingerprint density at radius 1 is 1.07 bits per heavy atom. The maximum Gasteiger partial charge on any atom is 3.00 e. The number of rotatable bonds is 5. The normalized spacial score (nSPS) is 9.40. The molecule has 0 atom stereocenters. The third-order valence-electron chi connectivity index (χ3n) is 1.27. The molecule has 0 bridgehead atoms. The van der Waals surface area contributed by atoms with E-state index in [2.05, 4.69) is 0 Å². The first-order chi connectivity index (χ1) is 5.78. The summed E-state index contributed by atoms with van der Waals surface area (Å²) in [6.45, 7) is 0. The molecular formula is C6H6FGaO7. The molecule has 0 radical (unpaired) electrons. The van der Waals surface area contributed by atoms with Crippen LogP contribution in [-0.4, -0.2) is 53.5 Å². The number of carbonyl (C=O) groups excluding carboxylic acids is 2. The van der Waals surface area contributed by atoms with Gasteiger partial charge in [-0.3, -0.25) is 0 Å². The third-order valence-corrected chi connectivity index (χ3v) is 1.27. The Balaban J connectivity index is -0.000000720. The van der Waals surface area contributed by atoms with Crippen molar-refractivity contribution in [1.29, 1.82) is 0 Å². The van der Waals surface area contributed by atoms with Gasteiger partial charge in [0.2, 0.25) is 0 Å². The molecule has 0 amide bonds. The first kappa shape index (κ1) is 19.5. The Morgan fingerprint density at radius 3 is 1.47 bits per heavy atom. The molecule has 0 saturated heterocycles. The molecule has 0 aliphatic heterocycles. The zero-order valence-electron chi connectivity index (χ0n) is 7.31. The van der Waals surface area contributed by atoms with Crippen LogP contribution in [-0.2, 0) is 14.4 Å². The Kier molecular flexibility index (Phi) is 9.43. The summed E-state index contributed by atoms with van der Waals surface area (Å²) in [5, 5.41) is 37.2. The van der Waals surface area contributed by atoms with Gasteiger partial charge in [-0.15, -0.1) is 0 Å². The van der Waals surface area contributed by atoms with Gasteiger partial charge in [0.15, 0.2) is 5.60 Å². The van der Waals surface area contributed by atoms with Gasteiger partial charge < -0.3 is 34.7 Å². The average Bonchev–Trinajstić information content (AvgIpc) is 1.82. The molecule has 0 aromatic heterocycles. The van der Waals surface area contributed by atoms with Crippen LogP contribution in [0.1, 0.15) is 12.8 Å².